The van der Waals surface area contributed by atoms with Crippen molar-refractivity contribution in [3.8, 4) is 0 Å². The molecule has 0 heterocycles. The van der Waals surface area contributed by atoms with E-state index in [1.165, 1.54) is 19.3 Å². The maximum atomic E-state index is 12.1. The number of fused-ring (bicyclic) bond motifs is 2. The van der Waals surface area contributed by atoms with Crippen molar-refractivity contribution >= 4 is 11.9 Å². The van der Waals surface area contributed by atoms with Gasteiger partial charge in [0, 0.05) is 5.41 Å². The number of hydrogen-bond acceptors (Lipinski definition) is 4. The number of carboxylic acids is 1. The molecular weight excluding hydrogens is 356 g/mol. The van der Waals surface area contributed by atoms with Crippen LogP contribution in [0.4, 0.5) is 0 Å². The third kappa shape index (κ3) is 2.68. The molecule has 0 aromatic carbocycles. The smallest absolute Gasteiger partial charge is 0.317 e. The maximum Gasteiger partial charge on any atom is 0.317 e. The normalized spacial score (nSPS) is 49.0. The van der Waals surface area contributed by atoms with Crippen LogP contribution in [0.5, 0.6) is 0 Å². The van der Waals surface area contributed by atoms with Gasteiger partial charge < -0.3 is 14.9 Å². The number of aliphatic hydroxyl groups is 1. The van der Waals surface area contributed by atoms with Crippen LogP contribution in [0.15, 0.2) is 0 Å². The molecule has 4 aliphatic carbocycles. The Labute approximate surface area is 168 Å². The fraction of sp³-hybridized carbons (Fsp3) is 0.913. The van der Waals surface area contributed by atoms with Gasteiger partial charge in [0.25, 0.3) is 0 Å². The van der Waals surface area contributed by atoms with E-state index in [1.807, 2.05) is 0 Å². The van der Waals surface area contributed by atoms with Gasteiger partial charge in [-0.2, -0.15) is 0 Å². The Morgan fingerprint density at radius 2 is 1.75 bits per heavy atom. The van der Waals surface area contributed by atoms with Crippen LogP contribution >= 0.6 is 0 Å². The van der Waals surface area contributed by atoms with E-state index in [1.54, 1.807) is 0 Å². The predicted molar refractivity (Wildman–Crippen MR) is 104 cm³/mol. The van der Waals surface area contributed by atoms with Gasteiger partial charge in [-0.15, -0.1) is 0 Å². The lowest BCUT2D eigenvalue weighted by molar-refractivity contribution is -0.228. The Kier molecular flexibility index (Phi) is 4.47. The fourth-order valence-electron chi connectivity index (χ4n) is 8.39. The van der Waals surface area contributed by atoms with Crippen molar-refractivity contribution in [1.82, 2.24) is 0 Å². The highest BCUT2D eigenvalue weighted by Gasteiger charge is 2.71. The molecule has 0 saturated heterocycles. The second-order valence-electron chi connectivity index (χ2n) is 11.5. The number of carbonyl (C=O) groups excluding carboxylic acids is 1. The summed E-state index contributed by atoms with van der Waals surface area (Å²) in [7, 11) is 0. The Morgan fingerprint density at radius 3 is 2.43 bits per heavy atom. The lowest BCUT2D eigenvalue weighted by Gasteiger charge is -2.68. The van der Waals surface area contributed by atoms with Crippen molar-refractivity contribution < 1.29 is 24.5 Å². The Balaban J connectivity index is 1.67. The molecular formula is C23H36O5. The lowest BCUT2D eigenvalue weighted by Crippen LogP contribution is -2.64. The molecule has 0 unspecified atom stereocenters. The van der Waals surface area contributed by atoms with Crippen LogP contribution < -0.4 is 0 Å². The molecule has 0 aliphatic heterocycles. The maximum absolute atomic E-state index is 12.1. The average molecular weight is 393 g/mol. The van der Waals surface area contributed by atoms with Gasteiger partial charge in [-0.05, 0) is 73.0 Å². The zero-order valence-electron chi connectivity index (χ0n) is 17.8. The molecule has 158 valence electrons. The van der Waals surface area contributed by atoms with Gasteiger partial charge in [-0.3, -0.25) is 9.59 Å². The van der Waals surface area contributed by atoms with Crippen molar-refractivity contribution in [3.05, 3.63) is 0 Å². The van der Waals surface area contributed by atoms with E-state index in [0.29, 0.717) is 12.3 Å². The highest BCUT2D eigenvalue weighted by atomic mass is 16.5. The minimum absolute atomic E-state index is 0.109. The molecule has 2 N–H and O–H groups in total. The van der Waals surface area contributed by atoms with Crippen molar-refractivity contribution in [2.45, 2.75) is 97.7 Å². The number of carboxylic acid groups (broad SMARTS) is 1. The molecule has 7 atom stereocenters. The number of aliphatic carboxylic acids is 1. The number of esters is 1. The van der Waals surface area contributed by atoms with E-state index in [2.05, 4.69) is 27.7 Å². The van der Waals surface area contributed by atoms with Crippen molar-refractivity contribution in [2.24, 2.45) is 33.5 Å². The highest BCUT2D eigenvalue weighted by Crippen LogP contribution is 2.76. The van der Waals surface area contributed by atoms with Crippen LogP contribution in [-0.4, -0.2) is 34.4 Å². The Hall–Kier alpha value is -1.10. The minimum Gasteiger partial charge on any atom is -0.481 e. The largest absolute Gasteiger partial charge is 0.481 e. The molecule has 5 nitrogen and oxygen atoms in total. The topological polar surface area (TPSA) is 83.8 Å². The summed E-state index contributed by atoms with van der Waals surface area (Å²) < 4.78 is 5.71. The number of carbonyl (C=O) groups is 2. The first-order chi connectivity index (χ1) is 12.9. The minimum atomic E-state index is -1.15. The molecule has 1 spiro atoms. The van der Waals surface area contributed by atoms with Gasteiger partial charge >= 0.3 is 11.9 Å². The SMILES string of the molecule is CC1(C)CCC[C@@]2(C)[C@H]1C[C@H](O)[C@H]1C[C@@H](OC(=O)CC(=O)O)[C@@]3(C)CC[C@]12C3. The van der Waals surface area contributed by atoms with Gasteiger partial charge in [0.1, 0.15) is 12.5 Å². The molecule has 5 heteroatoms. The van der Waals surface area contributed by atoms with Crippen molar-refractivity contribution in [1.29, 1.82) is 0 Å². The summed E-state index contributed by atoms with van der Waals surface area (Å²) in [6.45, 7) is 9.46. The van der Waals surface area contributed by atoms with Gasteiger partial charge in [0.15, 0.2) is 0 Å². The zero-order chi connectivity index (χ0) is 20.5. The first-order valence-corrected chi connectivity index (χ1v) is 11.0. The monoisotopic (exact) mass is 392 g/mol. The zero-order valence-corrected chi connectivity index (χ0v) is 17.8. The number of rotatable bonds is 3. The number of ether oxygens (including phenoxy) is 1. The average Bonchev–Trinajstić information content (AvgIpc) is 2.87. The summed E-state index contributed by atoms with van der Waals surface area (Å²) in [5.74, 6) is -1.13. The van der Waals surface area contributed by atoms with Gasteiger partial charge in [0.05, 0.1) is 6.10 Å². The van der Waals surface area contributed by atoms with E-state index in [9.17, 15) is 14.7 Å². The second kappa shape index (κ2) is 6.20. The Bertz CT molecular complexity index is 686. The van der Waals surface area contributed by atoms with Crippen LogP contribution in [0.25, 0.3) is 0 Å². The Morgan fingerprint density at radius 1 is 1.04 bits per heavy atom. The highest BCUT2D eigenvalue weighted by molar-refractivity contribution is 5.90. The van der Waals surface area contributed by atoms with Crippen molar-refractivity contribution in [2.75, 3.05) is 0 Å². The first kappa shape index (κ1) is 20.2. The van der Waals surface area contributed by atoms with E-state index in [4.69, 9.17) is 9.84 Å². The number of aliphatic hydroxyl groups excluding tert-OH is 1. The first-order valence-electron chi connectivity index (χ1n) is 11.0. The third-order valence-corrected chi connectivity index (χ3v) is 9.69. The lowest BCUT2D eigenvalue weighted by atomic mass is 9.37. The second-order valence-corrected chi connectivity index (χ2v) is 11.5. The van der Waals surface area contributed by atoms with Crippen LogP contribution in [0, 0.1) is 33.5 Å². The van der Waals surface area contributed by atoms with Crippen LogP contribution in [0.3, 0.4) is 0 Å². The summed E-state index contributed by atoms with van der Waals surface area (Å²) in [5, 5.41) is 20.2. The standard InChI is InChI=1S/C23H36O5/c1-20(2)6-5-7-22(4)16(20)11-15(24)14-10-17(28-19(27)12-18(25)26)21(3)8-9-23(14,22)13-21/h14-17,24H,5-13H2,1-4H3,(H,25,26)/t14-,15+,16+,17-,21+,22+,23+/m1/s1. The van der Waals surface area contributed by atoms with Gasteiger partial charge in [0.2, 0.25) is 0 Å². The molecule has 4 aliphatic rings. The van der Waals surface area contributed by atoms with E-state index < -0.39 is 18.4 Å². The molecule has 4 fully saturated rings. The summed E-state index contributed by atoms with van der Waals surface area (Å²) >= 11 is 0. The van der Waals surface area contributed by atoms with Gasteiger partial charge in [-0.1, -0.05) is 34.1 Å². The summed E-state index contributed by atoms with van der Waals surface area (Å²) in [4.78, 5) is 23.0. The molecule has 0 radical (unpaired) electrons. The summed E-state index contributed by atoms with van der Waals surface area (Å²) in [6.07, 6.45) is 7.04. The van der Waals surface area contributed by atoms with E-state index >= 15 is 0 Å². The van der Waals surface area contributed by atoms with Crippen LogP contribution in [-0.2, 0) is 14.3 Å². The van der Waals surface area contributed by atoms with E-state index in [-0.39, 0.29) is 39.8 Å². The quantitative estimate of drug-likeness (QED) is 0.556. The molecule has 4 rings (SSSR count). The van der Waals surface area contributed by atoms with Crippen LogP contribution in [0.1, 0.15) is 85.5 Å². The molecule has 28 heavy (non-hydrogen) atoms. The molecule has 2 bridgehead atoms. The van der Waals surface area contributed by atoms with Crippen molar-refractivity contribution in [3.63, 3.8) is 0 Å². The molecule has 4 saturated carbocycles. The van der Waals surface area contributed by atoms with Crippen LogP contribution in [0.2, 0.25) is 0 Å². The molecule has 0 amide bonds. The third-order valence-electron chi connectivity index (χ3n) is 9.69. The fourth-order valence-corrected chi connectivity index (χ4v) is 8.39. The predicted octanol–water partition coefficient (Wildman–Crippen LogP) is 4.17. The number of hydrogen-bond donors (Lipinski definition) is 2. The summed E-state index contributed by atoms with van der Waals surface area (Å²) in [6, 6.07) is 0. The molecule has 0 aromatic rings. The van der Waals surface area contributed by atoms with E-state index in [0.717, 1.165) is 25.7 Å². The van der Waals surface area contributed by atoms with Gasteiger partial charge in [-0.25, -0.2) is 0 Å². The summed E-state index contributed by atoms with van der Waals surface area (Å²) in [5.41, 5.74) is 0.457. The molecule has 0 aromatic heterocycles.